The van der Waals surface area contributed by atoms with Crippen molar-refractivity contribution in [1.82, 2.24) is 15.0 Å². The zero-order valence-corrected chi connectivity index (χ0v) is 14.6. The van der Waals surface area contributed by atoms with Gasteiger partial charge in [0.2, 0.25) is 0 Å². The molecule has 23 heavy (non-hydrogen) atoms. The number of hydrogen-bond acceptors (Lipinski definition) is 3. The Labute approximate surface area is 144 Å². The minimum absolute atomic E-state index is 0.239. The molecule has 0 N–H and O–H groups in total. The zero-order valence-electron chi connectivity index (χ0n) is 12.3. The Bertz CT molecular complexity index is 846. The predicted molar refractivity (Wildman–Crippen MR) is 93.1 cm³/mol. The molecule has 0 aliphatic rings. The van der Waals surface area contributed by atoms with Crippen molar-refractivity contribution in [3.63, 3.8) is 0 Å². The van der Waals surface area contributed by atoms with Crippen LogP contribution in [0.3, 0.4) is 0 Å². The summed E-state index contributed by atoms with van der Waals surface area (Å²) < 4.78 is 3.72. The molecule has 0 spiro atoms. The first-order valence-corrected chi connectivity index (χ1v) is 9.80. The first-order valence-electron chi connectivity index (χ1n) is 7.29. The fraction of sp³-hybridized carbons (Fsp3) is 0. The van der Waals surface area contributed by atoms with Gasteiger partial charge in [-0.3, -0.25) is 0 Å². The van der Waals surface area contributed by atoms with Gasteiger partial charge in [-0.25, -0.2) is 0 Å². The van der Waals surface area contributed by atoms with E-state index in [0.717, 1.165) is 22.8 Å². The van der Waals surface area contributed by atoms with Gasteiger partial charge in [0, 0.05) is 0 Å². The number of pyridine rings is 3. The number of hydrogen-bond donors (Lipinski definition) is 0. The van der Waals surface area contributed by atoms with Crippen LogP contribution in [0.2, 0.25) is 0 Å². The second-order valence-corrected chi connectivity index (χ2v) is 7.74. The van der Waals surface area contributed by atoms with E-state index in [1.165, 1.54) is 9.14 Å². The molecule has 0 aliphatic heterocycles. The van der Waals surface area contributed by atoms with Gasteiger partial charge in [-0.05, 0) is 0 Å². The molecule has 0 aliphatic carbocycles. The van der Waals surface area contributed by atoms with Crippen LogP contribution in [0.25, 0.3) is 31.9 Å². The molecule has 0 bridgehead atoms. The van der Waals surface area contributed by atoms with Crippen LogP contribution in [-0.2, 0) is 0 Å². The van der Waals surface area contributed by atoms with E-state index in [1.54, 1.807) is 12.4 Å². The normalized spacial score (nSPS) is 10.6. The van der Waals surface area contributed by atoms with E-state index in [2.05, 4.69) is 38.3 Å². The molecule has 0 saturated carbocycles. The third-order valence-corrected chi connectivity index (χ3v) is 6.11. The average Bonchev–Trinajstić information content (AvgIpc) is 3.18. The van der Waals surface area contributed by atoms with E-state index in [1.807, 2.05) is 36.4 Å². The Morgan fingerprint density at radius 1 is 0.652 bits per heavy atom. The second kappa shape index (κ2) is 6.45. The number of nitrogens with zero attached hydrogens (tertiary/aromatic N) is 3. The summed E-state index contributed by atoms with van der Waals surface area (Å²) in [6, 6.07) is 20.4. The molecule has 0 fully saturated rings. The van der Waals surface area contributed by atoms with E-state index in [4.69, 9.17) is 4.98 Å². The molecule has 4 aromatic heterocycles. The van der Waals surface area contributed by atoms with Crippen molar-refractivity contribution < 1.29 is 0 Å². The molecule has 4 aromatic rings. The first kappa shape index (κ1) is 14.3. The van der Waals surface area contributed by atoms with Gasteiger partial charge >= 0.3 is 144 Å². The molecule has 0 amide bonds. The summed E-state index contributed by atoms with van der Waals surface area (Å²) >= 11 is -0.239. The first-order chi connectivity index (χ1) is 11.4. The fourth-order valence-corrected chi connectivity index (χ4v) is 4.45. The van der Waals surface area contributed by atoms with Crippen LogP contribution >= 0.6 is 0 Å². The summed E-state index contributed by atoms with van der Waals surface area (Å²) in [7, 11) is 0. The van der Waals surface area contributed by atoms with Gasteiger partial charge in [0.05, 0.1) is 0 Å². The Balaban J connectivity index is 1.91. The molecule has 0 atom stereocenters. The monoisotopic (exact) mass is 413 g/mol. The van der Waals surface area contributed by atoms with Crippen molar-refractivity contribution in [3.05, 3.63) is 77.1 Å². The molecule has 0 saturated heterocycles. The van der Waals surface area contributed by atoms with Crippen molar-refractivity contribution >= 4 is 20.4 Å². The predicted octanol–water partition coefficient (Wildman–Crippen LogP) is 3.93. The van der Waals surface area contributed by atoms with Crippen LogP contribution in [0.5, 0.6) is 0 Å². The fourth-order valence-electron chi connectivity index (χ4n) is 2.41. The second-order valence-electron chi connectivity index (χ2n) is 5.03. The molecule has 3 nitrogen and oxygen atoms in total. The molecule has 4 heteroatoms. The van der Waals surface area contributed by atoms with E-state index in [-0.39, 0.29) is 20.4 Å². The third-order valence-electron chi connectivity index (χ3n) is 3.49. The van der Waals surface area contributed by atoms with Crippen molar-refractivity contribution in [2.75, 3.05) is 0 Å². The van der Waals surface area contributed by atoms with Crippen LogP contribution in [0.15, 0.2) is 77.1 Å². The molecule has 4 rings (SSSR count). The van der Waals surface area contributed by atoms with Gasteiger partial charge in [0.25, 0.3) is 0 Å². The molecule has 0 aromatic carbocycles. The van der Waals surface area contributed by atoms with Crippen molar-refractivity contribution in [2.45, 2.75) is 0 Å². The van der Waals surface area contributed by atoms with E-state index in [0.29, 0.717) is 0 Å². The van der Waals surface area contributed by atoms with E-state index < -0.39 is 0 Å². The van der Waals surface area contributed by atoms with E-state index >= 15 is 0 Å². The van der Waals surface area contributed by atoms with Crippen LogP contribution in [0.1, 0.15) is 0 Å². The summed E-state index contributed by atoms with van der Waals surface area (Å²) in [5.41, 5.74) is 4.79. The summed E-state index contributed by atoms with van der Waals surface area (Å²) in [4.78, 5) is 13.7. The van der Waals surface area contributed by atoms with Gasteiger partial charge in [0.1, 0.15) is 0 Å². The molecular formula is C19H13N3Te. The zero-order chi connectivity index (χ0) is 15.5. The average molecular weight is 411 g/mol. The van der Waals surface area contributed by atoms with Gasteiger partial charge in [-0.15, -0.1) is 0 Å². The molecule has 4 heterocycles. The quantitative estimate of drug-likeness (QED) is 0.480. The van der Waals surface area contributed by atoms with Crippen LogP contribution in [0, 0.1) is 0 Å². The van der Waals surface area contributed by atoms with Crippen LogP contribution in [-0.4, -0.2) is 35.4 Å². The molecular weight excluding hydrogens is 398 g/mol. The topological polar surface area (TPSA) is 38.7 Å². The van der Waals surface area contributed by atoms with Crippen LogP contribution in [0.4, 0.5) is 0 Å². The number of rotatable bonds is 3. The maximum atomic E-state index is 4.79. The van der Waals surface area contributed by atoms with Gasteiger partial charge in [0.15, 0.2) is 0 Å². The Morgan fingerprint density at radius 2 is 1.30 bits per heavy atom. The van der Waals surface area contributed by atoms with Gasteiger partial charge < -0.3 is 0 Å². The SMILES string of the molecule is c1ccc(-c2cc(-c3ccc[te]3)cc(-c3ccccn3)n2)nc1. The summed E-state index contributed by atoms with van der Waals surface area (Å²) in [5.74, 6) is 0. The van der Waals surface area contributed by atoms with Gasteiger partial charge in [-0.1, -0.05) is 0 Å². The van der Waals surface area contributed by atoms with Crippen LogP contribution < -0.4 is 0 Å². The summed E-state index contributed by atoms with van der Waals surface area (Å²) in [6.07, 6.45) is 3.60. The Morgan fingerprint density at radius 3 is 1.78 bits per heavy atom. The molecule has 0 unspecified atom stereocenters. The Kier molecular flexibility index (Phi) is 4.02. The number of aromatic nitrogens is 3. The third kappa shape index (κ3) is 3.10. The summed E-state index contributed by atoms with van der Waals surface area (Å²) in [5, 5.41) is 0. The van der Waals surface area contributed by atoms with Crippen molar-refractivity contribution in [1.29, 1.82) is 0 Å². The van der Waals surface area contributed by atoms with Crippen molar-refractivity contribution in [2.24, 2.45) is 0 Å². The summed E-state index contributed by atoms with van der Waals surface area (Å²) in [6.45, 7) is 0. The van der Waals surface area contributed by atoms with E-state index in [9.17, 15) is 0 Å². The molecule has 110 valence electrons. The molecule has 0 radical (unpaired) electrons. The van der Waals surface area contributed by atoms with Crippen molar-refractivity contribution in [3.8, 4) is 31.9 Å². The Hall–Kier alpha value is -2.28. The minimum atomic E-state index is -0.239. The maximum absolute atomic E-state index is 4.79. The van der Waals surface area contributed by atoms with Gasteiger partial charge in [-0.2, -0.15) is 0 Å². The standard InChI is InChI=1S/C19H13N3Te/c1-3-9-20-15(6-1)17-12-14(19-8-5-11-23-19)13-18(22-17)16-7-2-4-10-21-16/h1-13H.